The first kappa shape index (κ1) is 18.9. The third-order valence-corrected chi connectivity index (χ3v) is 4.92. The fourth-order valence-electron chi connectivity index (χ4n) is 2.21. The van der Waals surface area contributed by atoms with Crippen molar-refractivity contribution in [1.82, 2.24) is 15.4 Å². The Hall–Kier alpha value is -2.40. The smallest absolute Gasteiger partial charge is 0.249 e. The Bertz CT molecular complexity index is 792. The predicted molar refractivity (Wildman–Crippen MR) is 80.5 cm³/mol. The van der Waals surface area contributed by atoms with Gasteiger partial charge in [-0.25, -0.2) is 21.9 Å². The largest absolute Gasteiger partial charge is 0.344 e. The number of hydrogen-bond donors (Lipinski definition) is 3. The fourth-order valence-corrected chi connectivity index (χ4v) is 3.37. The van der Waals surface area contributed by atoms with Gasteiger partial charge in [-0.05, 0) is 18.6 Å². The Morgan fingerprint density at radius 3 is 2.48 bits per heavy atom. The van der Waals surface area contributed by atoms with E-state index in [2.05, 4.69) is 10.6 Å². The molecule has 1 aliphatic rings. The molecule has 1 unspecified atom stereocenters. The highest BCUT2D eigenvalue weighted by Gasteiger charge is 2.28. The van der Waals surface area contributed by atoms with Crippen molar-refractivity contribution >= 4 is 27.7 Å². The maximum Gasteiger partial charge on any atom is 0.249 e. The lowest BCUT2D eigenvalue weighted by molar-refractivity contribution is -0.137. The Morgan fingerprint density at radius 1 is 1.24 bits per heavy atom. The molecule has 3 amide bonds. The number of carbonyl (C=O) groups is 3. The van der Waals surface area contributed by atoms with Crippen LogP contribution >= 0.6 is 0 Å². The summed E-state index contributed by atoms with van der Waals surface area (Å²) >= 11 is 0. The zero-order valence-corrected chi connectivity index (χ0v) is 13.7. The molecule has 1 aromatic rings. The number of benzene rings is 1. The van der Waals surface area contributed by atoms with Crippen LogP contribution in [0.4, 0.5) is 8.78 Å². The molecule has 1 aromatic carbocycles. The van der Waals surface area contributed by atoms with Crippen LogP contribution in [0.3, 0.4) is 0 Å². The highest BCUT2D eigenvalue weighted by Crippen LogP contribution is 2.17. The molecular weight excluding hydrogens is 360 g/mol. The molecule has 1 atom stereocenters. The van der Waals surface area contributed by atoms with Gasteiger partial charge in [0.15, 0.2) is 4.90 Å². The quantitative estimate of drug-likeness (QED) is 0.582. The summed E-state index contributed by atoms with van der Waals surface area (Å²) in [5.41, 5.74) is 0. The van der Waals surface area contributed by atoms with Crippen molar-refractivity contribution in [3.05, 3.63) is 29.8 Å². The Kier molecular flexibility index (Phi) is 5.80. The molecule has 25 heavy (non-hydrogen) atoms. The predicted octanol–water partition coefficient (Wildman–Crippen LogP) is -0.445. The average Bonchev–Trinajstić information content (AvgIpc) is 2.49. The molecule has 0 saturated carbocycles. The molecular formula is C14H15F2N3O5S. The molecule has 0 radical (unpaired) electrons. The van der Waals surface area contributed by atoms with Crippen LogP contribution in [0.2, 0.25) is 0 Å². The third kappa shape index (κ3) is 4.79. The minimum Gasteiger partial charge on any atom is -0.344 e. The molecule has 0 bridgehead atoms. The molecule has 8 nitrogen and oxygen atoms in total. The van der Waals surface area contributed by atoms with Gasteiger partial charge in [-0.15, -0.1) is 0 Å². The first-order chi connectivity index (χ1) is 11.7. The minimum atomic E-state index is -4.47. The number of piperidine rings is 1. The number of hydrogen-bond acceptors (Lipinski definition) is 5. The molecule has 11 heteroatoms. The average molecular weight is 375 g/mol. The lowest BCUT2D eigenvalue weighted by Gasteiger charge is -2.21. The van der Waals surface area contributed by atoms with Crippen LogP contribution < -0.4 is 15.4 Å². The first-order valence-electron chi connectivity index (χ1n) is 7.27. The normalized spacial score (nSPS) is 17.9. The van der Waals surface area contributed by atoms with Crippen LogP contribution in [0.1, 0.15) is 19.3 Å². The van der Waals surface area contributed by atoms with Gasteiger partial charge < -0.3 is 5.32 Å². The molecule has 136 valence electrons. The van der Waals surface area contributed by atoms with E-state index in [4.69, 9.17) is 0 Å². The van der Waals surface area contributed by atoms with E-state index < -0.39 is 56.9 Å². The summed E-state index contributed by atoms with van der Waals surface area (Å²) in [4.78, 5) is 33.1. The van der Waals surface area contributed by atoms with E-state index in [0.717, 1.165) is 18.2 Å². The van der Waals surface area contributed by atoms with Crippen molar-refractivity contribution in [3.8, 4) is 0 Å². The van der Waals surface area contributed by atoms with Crippen LogP contribution in [0.5, 0.6) is 0 Å². The second-order valence-electron chi connectivity index (χ2n) is 5.27. The van der Waals surface area contributed by atoms with Gasteiger partial charge in [-0.1, -0.05) is 6.07 Å². The van der Waals surface area contributed by atoms with E-state index in [9.17, 15) is 31.6 Å². The molecule has 3 N–H and O–H groups in total. The molecule has 1 fully saturated rings. The maximum atomic E-state index is 13.5. The van der Waals surface area contributed by atoms with Crippen molar-refractivity contribution < 1.29 is 31.6 Å². The number of carbonyl (C=O) groups excluding carboxylic acids is 3. The summed E-state index contributed by atoms with van der Waals surface area (Å²) < 4.78 is 52.7. The van der Waals surface area contributed by atoms with E-state index in [0.29, 0.717) is 0 Å². The van der Waals surface area contributed by atoms with Crippen LogP contribution in [0.25, 0.3) is 0 Å². The molecule has 1 saturated heterocycles. The summed E-state index contributed by atoms with van der Waals surface area (Å²) in [7, 11) is -4.47. The highest BCUT2D eigenvalue weighted by atomic mass is 32.2. The molecule has 0 aliphatic carbocycles. The van der Waals surface area contributed by atoms with E-state index >= 15 is 0 Å². The van der Waals surface area contributed by atoms with Crippen LogP contribution in [0, 0.1) is 11.6 Å². The molecule has 1 aliphatic heterocycles. The van der Waals surface area contributed by atoms with E-state index in [1.54, 1.807) is 0 Å². The van der Waals surface area contributed by atoms with Gasteiger partial charge in [0.2, 0.25) is 27.7 Å². The monoisotopic (exact) mass is 375 g/mol. The molecule has 0 aromatic heterocycles. The summed E-state index contributed by atoms with van der Waals surface area (Å²) in [6.07, 6.45) is -0.133. The van der Waals surface area contributed by atoms with Gasteiger partial charge >= 0.3 is 0 Å². The van der Waals surface area contributed by atoms with Gasteiger partial charge in [0, 0.05) is 19.4 Å². The van der Waals surface area contributed by atoms with Gasteiger partial charge in [0.05, 0.1) is 0 Å². The molecule has 0 spiro atoms. The number of nitrogens with one attached hydrogen (secondary N) is 3. The zero-order valence-electron chi connectivity index (χ0n) is 12.8. The van der Waals surface area contributed by atoms with Gasteiger partial charge in [0.1, 0.15) is 17.7 Å². The number of sulfonamides is 1. The Balaban J connectivity index is 1.88. The number of rotatable bonds is 6. The second-order valence-corrected chi connectivity index (χ2v) is 6.97. The van der Waals surface area contributed by atoms with Crippen LogP contribution in [0.15, 0.2) is 23.1 Å². The Labute approximate surface area is 142 Å². The van der Waals surface area contributed by atoms with Crippen LogP contribution in [-0.2, 0) is 24.4 Å². The summed E-state index contributed by atoms with van der Waals surface area (Å²) in [6.45, 7) is -0.421. The summed E-state index contributed by atoms with van der Waals surface area (Å²) in [5, 5.41) is 4.41. The third-order valence-electron chi connectivity index (χ3n) is 3.41. The maximum absolute atomic E-state index is 13.5. The van der Waals surface area contributed by atoms with Crippen molar-refractivity contribution in [1.29, 1.82) is 0 Å². The molecule has 2 rings (SSSR count). The zero-order chi connectivity index (χ0) is 18.6. The lowest BCUT2D eigenvalue weighted by Crippen LogP contribution is -2.52. The van der Waals surface area contributed by atoms with Gasteiger partial charge in [0.25, 0.3) is 0 Å². The van der Waals surface area contributed by atoms with Crippen molar-refractivity contribution in [2.75, 3.05) is 6.54 Å². The van der Waals surface area contributed by atoms with Crippen molar-refractivity contribution in [2.45, 2.75) is 30.2 Å². The topological polar surface area (TPSA) is 121 Å². The minimum absolute atomic E-state index is 0.0792. The standard InChI is InChI=1S/C14H15F2N3O5S/c15-8-2-1-3-9(16)13(8)25(23,24)17-7-6-12(21)18-10-4-5-11(20)19-14(10)22/h1-3,10,17H,4-7H2,(H,18,21)(H,19,20,22). The van der Waals surface area contributed by atoms with Crippen molar-refractivity contribution in [3.63, 3.8) is 0 Å². The van der Waals surface area contributed by atoms with Gasteiger partial charge in [-0.3, -0.25) is 19.7 Å². The lowest BCUT2D eigenvalue weighted by atomic mass is 10.1. The number of halogens is 2. The molecule has 1 heterocycles. The summed E-state index contributed by atoms with van der Waals surface area (Å²) in [6, 6.07) is 1.74. The fraction of sp³-hybridized carbons (Fsp3) is 0.357. The summed E-state index contributed by atoms with van der Waals surface area (Å²) in [5.74, 6) is -4.22. The first-order valence-corrected chi connectivity index (χ1v) is 8.76. The van der Waals surface area contributed by atoms with E-state index in [1.165, 1.54) is 0 Å². The van der Waals surface area contributed by atoms with E-state index in [-0.39, 0.29) is 19.3 Å². The van der Waals surface area contributed by atoms with Gasteiger partial charge in [-0.2, -0.15) is 0 Å². The Morgan fingerprint density at radius 2 is 1.88 bits per heavy atom. The van der Waals surface area contributed by atoms with Crippen molar-refractivity contribution in [2.24, 2.45) is 0 Å². The SMILES string of the molecule is O=C1CCC(NC(=O)CCNS(=O)(=O)c2c(F)cccc2F)C(=O)N1. The van der Waals surface area contributed by atoms with E-state index in [1.807, 2.05) is 4.72 Å². The second kappa shape index (κ2) is 7.66. The van der Waals surface area contributed by atoms with Crippen LogP contribution in [-0.4, -0.2) is 38.7 Å². The number of imide groups is 1. The highest BCUT2D eigenvalue weighted by molar-refractivity contribution is 7.89. The number of amides is 3.